The quantitative estimate of drug-likeness (QED) is 0.794. The maximum absolute atomic E-state index is 11.5. The van der Waals surface area contributed by atoms with Crippen molar-refractivity contribution in [2.75, 3.05) is 36.0 Å². The first-order chi connectivity index (χ1) is 12.2. The number of hydrogen-bond donors (Lipinski definition) is 1. The molecule has 4 rings (SSSR count). The zero-order valence-corrected chi connectivity index (χ0v) is 13.8. The van der Waals surface area contributed by atoms with Gasteiger partial charge in [-0.1, -0.05) is 6.07 Å². The molecule has 2 N–H and O–H groups in total. The van der Waals surface area contributed by atoms with E-state index in [0.29, 0.717) is 5.56 Å². The minimum atomic E-state index is -0.410. The third kappa shape index (κ3) is 2.98. The summed E-state index contributed by atoms with van der Waals surface area (Å²) in [6.45, 7) is 3.64. The molecule has 3 heterocycles. The Morgan fingerprint density at radius 2 is 1.64 bits per heavy atom. The maximum Gasteiger partial charge on any atom is 0.248 e. The molecule has 1 saturated heterocycles. The van der Waals surface area contributed by atoms with E-state index in [-0.39, 0.29) is 0 Å². The van der Waals surface area contributed by atoms with Crippen molar-refractivity contribution in [1.82, 2.24) is 9.97 Å². The number of hydrogen-bond acceptors (Lipinski definition) is 5. The molecule has 0 spiro atoms. The molecular weight excluding hydrogens is 314 g/mol. The first-order valence-electron chi connectivity index (χ1n) is 8.30. The molecule has 6 heteroatoms. The predicted octanol–water partition coefficient (Wildman–Crippen LogP) is 2.06. The van der Waals surface area contributed by atoms with E-state index in [1.54, 1.807) is 6.07 Å². The lowest BCUT2D eigenvalue weighted by Gasteiger charge is -2.37. The molecule has 1 aromatic carbocycles. The maximum atomic E-state index is 11.5. The SMILES string of the molecule is NC(=O)c1ccc2cncc(N3CCN(c4ccncc4)CC3)c2c1. The van der Waals surface area contributed by atoms with Gasteiger partial charge in [-0.05, 0) is 24.3 Å². The smallest absolute Gasteiger partial charge is 0.248 e. The molecule has 1 aliphatic rings. The Morgan fingerprint density at radius 1 is 0.920 bits per heavy atom. The highest BCUT2D eigenvalue weighted by molar-refractivity contribution is 6.01. The van der Waals surface area contributed by atoms with Gasteiger partial charge in [0.25, 0.3) is 0 Å². The Hall–Kier alpha value is -3.15. The number of piperazine rings is 1. The number of primary amides is 1. The summed E-state index contributed by atoms with van der Waals surface area (Å²) in [6, 6.07) is 9.59. The van der Waals surface area contributed by atoms with Gasteiger partial charge < -0.3 is 15.5 Å². The van der Waals surface area contributed by atoms with Crippen LogP contribution in [0.15, 0.2) is 55.1 Å². The molecule has 1 fully saturated rings. The largest absolute Gasteiger partial charge is 0.368 e. The minimum absolute atomic E-state index is 0.410. The second-order valence-electron chi connectivity index (χ2n) is 6.14. The first kappa shape index (κ1) is 15.4. The van der Waals surface area contributed by atoms with Crippen LogP contribution in [0.3, 0.4) is 0 Å². The molecule has 0 radical (unpaired) electrons. The molecule has 0 bridgehead atoms. The van der Waals surface area contributed by atoms with Crippen LogP contribution >= 0.6 is 0 Å². The van der Waals surface area contributed by atoms with E-state index in [9.17, 15) is 4.79 Å². The van der Waals surface area contributed by atoms with Gasteiger partial charge >= 0.3 is 0 Å². The molecule has 2 aromatic heterocycles. The van der Waals surface area contributed by atoms with Crippen LogP contribution in [0.4, 0.5) is 11.4 Å². The summed E-state index contributed by atoms with van der Waals surface area (Å²) in [7, 11) is 0. The highest BCUT2D eigenvalue weighted by Crippen LogP contribution is 2.28. The van der Waals surface area contributed by atoms with Crippen LogP contribution in [0, 0.1) is 0 Å². The second-order valence-corrected chi connectivity index (χ2v) is 6.14. The van der Waals surface area contributed by atoms with Crippen LogP contribution in [-0.4, -0.2) is 42.1 Å². The molecule has 6 nitrogen and oxygen atoms in total. The number of pyridine rings is 2. The third-order valence-corrected chi connectivity index (χ3v) is 4.67. The van der Waals surface area contributed by atoms with Crippen LogP contribution in [0.5, 0.6) is 0 Å². The Labute approximate surface area is 145 Å². The van der Waals surface area contributed by atoms with E-state index in [1.165, 1.54) is 5.69 Å². The molecule has 3 aromatic rings. The van der Waals surface area contributed by atoms with Crippen LogP contribution in [0.25, 0.3) is 10.8 Å². The second kappa shape index (κ2) is 6.39. The Balaban J connectivity index is 1.60. The third-order valence-electron chi connectivity index (χ3n) is 4.67. The summed E-state index contributed by atoms with van der Waals surface area (Å²) in [4.78, 5) is 24.6. The molecular formula is C19H19N5O. The van der Waals surface area contributed by atoms with Crippen molar-refractivity contribution < 1.29 is 4.79 Å². The summed E-state index contributed by atoms with van der Waals surface area (Å²) in [5.41, 5.74) is 8.21. The average molecular weight is 333 g/mol. The fourth-order valence-electron chi connectivity index (χ4n) is 3.31. The van der Waals surface area contributed by atoms with E-state index < -0.39 is 5.91 Å². The molecule has 0 unspecified atom stereocenters. The van der Waals surface area contributed by atoms with Crippen molar-refractivity contribution >= 4 is 28.1 Å². The summed E-state index contributed by atoms with van der Waals surface area (Å²) >= 11 is 0. The van der Waals surface area contributed by atoms with Crippen molar-refractivity contribution in [3.05, 3.63) is 60.7 Å². The van der Waals surface area contributed by atoms with Gasteiger partial charge in [-0.2, -0.15) is 0 Å². The normalized spacial score (nSPS) is 14.7. The molecule has 1 aliphatic heterocycles. The summed E-state index contributed by atoms with van der Waals surface area (Å²) in [6.07, 6.45) is 7.33. The Bertz CT molecular complexity index is 904. The highest BCUT2D eigenvalue weighted by atomic mass is 16.1. The number of rotatable bonds is 3. The molecule has 0 atom stereocenters. The predicted molar refractivity (Wildman–Crippen MR) is 98.9 cm³/mol. The van der Waals surface area contributed by atoms with Gasteiger partial charge in [0.05, 0.1) is 11.9 Å². The lowest BCUT2D eigenvalue weighted by molar-refractivity contribution is 0.100. The van der Waals surface area contributed by atoms with Crippen LogP contribution < -0.4 is 15.5 Å². The van der Waals surface area contributed by atoms with Gasteiger partial charge in [-0.15, -0.1) is 0 Å². The van der Waals surface area contributed by atoms with Gasteiger partial charge in [0, 0.05) is 66.8 Å². The zero-order valence-electron chi connectivity index (χ0n) is 13.8. The van der Waals surface area contributed by atoms with E-state index in [1.807, 2.05) is 49.1 Å². The highest BCUT2D eigenvalue weighted by Gasteiger charge is 2.19. The number of aromatic nitrogens is 2. The van der Waals surface area contributed by atoms with E-state index in [0.717, 1.165) is 42.6 Å². The number of benzene rings is 1. The lowest BCUT2D eigenvalue weighted by Crippen LogP contribution is -2.46. The Kier molecular flexibility index (Phi) is 3.93. The van der Waals surface area contributed by atoms with E-state index >= 15 is 0 Å². The molecule has 25 heavy (non-hydrogen) atoms. The fourth-order valence-corrected chi connectivity index (χ4v) is 3.31. The monoisotopic (exact) mass is 333 g/mol. The van der Waals surface area contributed by atoms with Crippen LogP contribution in [-0.2, 0) is 0 Å². The fraction of sp³-hybridized carbons (Fsp3) is 0.211. The Morgan fingerprint density at radius 3 is 2.36 bits per heavy atom. The molecule has 0 saturated carbocycles. The number of amides is 1. The van der Waals surface area contributed by atoms with E-state index in [2.05, 4.69) is 19.8 Å². The minimum Gasteiger partial charge on any atom is -0.368 e. The van der Waals surface area contributed by atoms with Gasteiger partial charge in [0.15, 0.2) is 0 Å². The van der Waals surface area contributed by atoms with Crippen LogP contribution in [0.1, 0.15) is 10.4 Å². The molecule has 126 valence electrons. The number of nitrogens with two attached hydrogens (primary N) is 1. The summed E-state index contributed by atoms with van der Waals surface area (Å²) < 4.78 is 0. The molecule has 0 aliphatic carbocycles. The van der Waals surface area contributed by atoms with Crippen molar-refractivity contribution in [3.63, 3.8) is 0 Å². The van der Waals surface area contributed by atoms with Crippen molar-refractivity contribution in [1.29, 1.82) is 0 Å². The van der Waals surface area contributed by atoms with Gasteiger partial charge in [-0.25, -0.2) is 0 Å². The van der Waals surface area contributed by atoms with Crippen LogP contribution in [0.2, 0.25) is 0 Å². The van der Waals surface area contributed by atoms with Gasteiger partial charge in [-0.3, -0.25) is 14.8 Å². The number of fused-ring (bicyclic) bond motifs is 1. The topological polar surface area (TPSA) is 75.4 Å². The average Bonchev–Trinajstić information content (AvgIpc) is 2.68. The zero-order chi connectivity index (χ0) is 17.2. The molecule has 1 amide bonds. The van der Waals surface area contributed by atoms with E-state index in [4.69, 9.17) is 5.73 Å². The number of anilines is 2. The lowest BCUT2D eigenvalue weighted by atomic mass is 10.1. The standard InChI is InChI=1S/C19H19N5O/c20-19(25)14-1-2-15-12-22-13-18(17(15)11-14)24-9-7-23(8-10-24)16-3-5-21-6-4-16/h1-6,11-13H,7-10H2,(H2,20,25). The van der Waals surface area contributed by atoms with Crippen molar-refractivity contribution in [2.45, 2.75) is 0 Å². The van der Waals surface area contributed by atoms with Crippen molar-refractivity contribution in [3.8, 4) is 0 Å². The number of nitrogens with zero attached hydrogens (tertiary/aromatic N) is 4. The van der Waals surface area contributed by atoms with Gasteiger partial charge in [0.1, 0.15) is 0 Å². The van der Waals surface area contributed by atoms with Crippen molar-refractivity contribution in [2.24, 2.45) is 5.73 Å². The van der Waals surface area contributed by atoms with Gasteiger partial charge in [0.2, 0.25) is 5.91 Å². The summed E-state index contributed by atoms with van der Waals surface area (Å²) in [5, 5.41) is 2.03. The summed E-state index contributed by atoms with van der Waals surface area (Å²) in [5.74, 6) is -0.410. The number of carbonyl (C=O) groups excluding carboxylic acids is 1. The first-order valence-corrected chi connectivity index (χ1v) is 8.30. The number of carbonyl (C=O) groups is 1.